The van der Waals surface area contributed by atoms with Crippen LogP contribution in [0.5, 0.6) is 0 Å². The van der Waals surface area contributed by atoms with Crippen molar-refractivity contribution in [2.45, 2.75) is 19.9 Å². The summed E-state index contributed by atoms with van der Waals surface area (Å²) >= 11 is 0. The molecule has 1 atom stereocenters. The molecule has 2 aromatic rings. The lowest BCUT2D eigenvalue weighted by Crippen LogP contribution is -2.28. The van der Waals surface area contributed by atoms with Crippen LogP contribution in [0.4, 0.5) is 11.6 Å². The number of amides is 3. The molecular formula is C15H16N6O4. The van der Waals surface area contributed by atoms with Gasteiger partial charge in [-0.15, -0.1) is 0 Å². The fraction of sp³-hybridized carbons (Fsp3) is 0.333. The van der Waals surface area contributed by atoms with E-state index in [1.165, 1.54) is 6.92 Å². The van der Waals surface area contributed by atoms with Crippen molar-refractivity contribution in [3.63, 3.8) is 0 Å². The Morgan fingerprint density at radius 1 is 1.28 bits per heavy atom. The Morgan fingerprint density at radius 2 is 2.04 bits per heavy atom. The smallest absolute Gasteiger partial charge is 0.231 e. The number of rotatable bonds is 5. The van der Waals surface area contributed by atoms with Crippen molar-refractivity contribution < 1.29 is 19.0 Å². The number of nitrogens with one attached hydrogen (secondary N) is 2. The van der Waals surface area contributed by atoms with E-state index in [4.69, 9.17) is 0 Å². The number of aromatic nitrogens is 3. The Morgan fingerprint density at radius 3 is 2.72 bits per heavy atom. The predicted molar refractivity (Wildman–Crippen MR) is 85.0 cm³/mol. The second-order valence-electron chi connectivity index (χ2n) is 5.63. The fourth-order valence-corrected chi connectivity index (χ4v) is 2.53. The minimum atomic E-state index is -0.530. The number of pyridine rings is 1. The third-order valence-corrected chi connectivity index (χ3v) is 3.69. The fourth-order valence-electron chi connectivity index (χ4n) is 2.53. The van der Waals surface area contributed by atoms with Gasteiger partial charge in [0.15, 0.2) is 0 Å². The highest BCUT2D eigenvalue weighted by Crippen LogP contribution is 2.23. The number of hydrogen-bond donors (Lipinski definition) is 2. The highest BCUT2D eigenvalue weighted by molar-refractivity contribution is 5.99. The van der Waals surface area contributed by atoms with Crippen LogP contribution in [0.1, 0.15) is 19.0 Å². The van der Waals surface area contributed by atoms with Crippen molar-refractivity contribution in [1.29, 1.82) is 0 Å². The van der Waals surface area contributed by atoms with Crippen molar-refractivity contribution in [1.82, 2.24) is 20.2 Å². The quantitative estimate of drug-likeness (QED) is 0.803. The van der Waals surface area contributed by atoms with Crippen LogP contribution in [0.3, 0.4) is 0 Å². The first kappa shape index (κ1) is 16.6. The van der Waals surface area contributed by atoms with E-state index in [-0.39, 0.29) is 42.3 Å². The van der Waals surface area contributed by atoms with Gasteiger partial charge in [-0.1, -0.05) is 6.07 Å². The van der Waals surface area contributed by atoms with Crippen molar-refractivity contribution in [2.75, 3.05) is 17.2 Å². The van der Waals surface area contributed by atoms with Crippen LogP contribution < -0.4 is 10.6 Å². The molecule has 10 nitrogen and oxygen atoms in total. The zero-order chi connectivity index (χ0) is 17.8. The highest BCUT2D eigenvalue weighted by Gasteiger charge is 2.35. The summed E-state index contributed by atoms with van der Waals surface area (Å²) in [6.07, 6.45) is 1.75. The number of nitrogens with zero attached hydrogens (tertiary/aromatic N) is 4. The molecule has 3 rings (SSSR count). The van der Waals surface area contributed by atoms with E-state index in [1.807, 2.05) is 12.1 Å². The van der Waals surface area contributed by atoms with Gasteiger partial charge in [0.25, 0.3) is 0 Å². The summed E-state index contributed by atoms with van der Waals surface area (Å²) in [5.41, 5.74) is 0.755. The summed E-state index contributed by atoms with van der Waals surface area (Å²) in [6.45, 7) is 1.93. The summed E-state index contributed by atoms with van der Waals surface area (Å²) in [5.74, 6) is -1.38. The van der Waals surface area contributed by atoms with Crippen LogP contribution in [-0.4, -0.2) is 44.5 Å². The second kappa shape index (κ2) is 7.07. The average molecular weight is 344 g/mol. The maximum absolute atomic E-state index is 12.4. The molecule has 1 aliphatic heterocycles. The van der Waals surface area contributed by atoms with Crippen LogP contribution in [-0.2, 0) is 20.9 Å². The molecule has 2 aromatic heterocycles. The van der Waals surface area contributed by atoms with Crippen LogP contribution in [0.2, 0.25) is 0 Å². The van der Waals surface area contributed by atoms with Gasteiger partial charge >= 0.3 is 0 Å². The topological polar surface area (TPSA) is 130 Å². The molecule has 2 N–H and O–H groups in total. The van der Waals surface area contributed by atoms with Gasteiger partial charge < -0.3 is 15.5 Å². The monoisotopic (exact) mass is 344 g/mol. The van der Waals surface area contributed by atoms with Gasteiger partial charge in [0, 0.05) is 26.1 Å². The van der Waals surface area contributed by atoms with Gasteiger partial charge in [-0.3, -0.25) is 19.4 Å². The van der Waals surface area contributed by atoms with E-state index < -0.39 is 5.92 Å². The van der Waals surface area contributed by atoms with Gasteiger partial charge in [0.2, 0.25) is 29.4 Å². The molecule has 10 heteroatoms. The minimum Gasteiger partial charge on any atom is -0.336 e. The maximum atomic E-state index is 12.4. The Kier molecular flexibility index (Phi) is 4.68. The Labute approximate surface area is 142 Å². The van der Waals surface area contributed by atoms with Crippen molar-refractivity contribution in [3.05, 3.63) is 30.1 Å². The van der Waals surface area contributed by atoms with E-state index >= 15 is 0 Å². The van der Waals surface area contributed by atoms with Crippen LogP contribution in [0, 0.1) is 5.92 Å². The van der Waals surface area contributed by atoms with Crippen LogP contribution in [0.25, 0.3) is 0 Å². The molecule has 0 saturated carbocycles. The van der Waals surface area contributed by atoms with Crippen molar-refractivity contribution in [3.8, 4) is 0 Å². The first-order chi connectivity index (χ1) is 12.0. The van der Waals surface area contributed by atoms with Crippen LogP contribution in [0.15, 0.2) is 29.0 Å². The third-order valence-electron chi connectivity index (χ3n) is 3.69. The van der Waals surface area contributed by atoms with Crippen molar-refractivity contribution >= 4 is 29.4 Å². The summed E-state index contributed by atoms with van der Waals surface area (Å²) < 4.78 is 4.52. The Hall–Kier alpha value is -3.30. The largest absolute Gasteiger partial charge is 0.336 e. The molecule has 0 spiro atoms. The van der Waals surface area contributed by atoms with Gasteiger partial charge in [-0.05, 0) is 22.4 Å². The van der Waals surface area contributed by atoms with E-state index in [0.717, 1.165) is 5.69 Å². The number of anilines is 2. The Balaban J connectivity index is 1.61. The normalized spacial score (nSPS) is 16.8. The zero-order valence-electron chi connectivity index (χ0n) is 13.4. The Bertz CT molecular complexity index is 790. The van der Waals surface area contributed by atoms with Gasteiger partial charge in [0.1, 0.15) is 0 Å². The minimum absolute atomic E-state index is 0.0100. The average Bonchev–Trinajstić information content (AvgIpc) is 3.15. The first-order valence-corrected chi connectivity index (χ1v) is 7.61. The number of carbonyl (C=O) groups is 3. The summed E-state index contributed by atoms with van der Waals surface area (Å²) in [4.78, 5) is 41.3. The van der Waals surface area contributed by atoms with Gasteiger partial charge in [-0.2, -0.15) is 0 Å². The molecule has 0 aliphatic carbocycles. The molecule has 3 heterocycles. The lowest BCUT2D eigenvalue weighted by molar-refractivity contribution is -0.128. The lowest BCUT2D eigenvalue weighted by atomic mass is 10.1. The van der Waals surface area contributed by atoms with Crippen molar-refractivity contribution in [2.24, 2.45) is 5.92 Å². The molecule has 0 bridgehead atoms. The summed E-state index contributed by atoms with van der Waals surface area (Å²) in [6, 6.07) is 5.46. The molecule has 1 unspecified atom stereocenters. The second-order valence-corrected chi connectivity index (χ2v) is 5.63. The molecule has 3 amide bonds. The number of hydrogen-bond acceptors (Lipinski definition) is 7. The zero-order valence-corrected chi connectivity index (χ0v) is 13.4. The maximum Gasteiger partial charge on any atom is 0.231 e. The molecule has 1 fully saturated rings. The van der Waals surface area contributed by atoms with Crippen LogP contribution >= 0.6 is 0 Å². The molecule has 0 aromatic carbocycles. The third kappa shape index (κ3) is 3.97. The molecular weight excluding hydrogens is 328 g/mol. The standard InChI is InChI=1S/C15H16N6O4/c1-9(22)17-13-14(20-25-19-13)18-15(24)10-6-12(23)21(7-10)8-11-4-2-3-5-16-11/h2-5,10H,6-8H2,1H3,(H,17,19,22)(H,18,20,24). The molecule has 130 valence electrons. The molecule has 1 aliphatic rings. The SMILES string of the molecule is CC(=O)Nc1nonc1NC(=O)C1CC(=O)N(Cc2ccccn2)C1. The first-order valence-electron chi connectivity index (χ1n) is 7.61. The molecule has 0 radical (unpaired) electrons. The van der Waals surface area contributed by atoms with E-state index in [0.29, 0.717) is 6.54 Å². The van der Waals surface area contributed by atoms with Gasteiger partial charge in [-0.25, -0.2) is 4.63 Å². The number of carbonyl (C=O) groups excluding carboxylic acids is 3. The highest BCUT2D eigenvalue weighted by atomic mass is 16.6. The van der Waals surface area contributed by atoms with E-state index in [2.05, 4.69) is 30.6 Å². The summed E-state index contributed by atoms with van der Waals surface area (Å²) in [5, 5.41) is 12.0. The lowest BCUT2D eigenvalue weighted by Gasteiger charge is -2.15. The van der Waals surface area contributed by atoms with Gasteiger partial charge in [0.05, 0.1) is 18.2 Å². The number of likely N-dealkylation sites (tertiary alicyclic amines) is 1. The van der Waals surface area contributed by atoms with E-state index in [1.54, 1.807) is 17.2 Å². The molecule has 25 heavy (non-hydrogen) atoms. The molecule has 1 saturated heterocycles. The summed E-state index contributed by atoms with van der Waals surface area (Å²) in [7, 11) is 0. The predicted octanol–water partition coefficient (Wildman–Crippen LogP) is 0.410. The van der Waals surface area contributed by atoms with E-state index in [9.17, 15) is 14.4 Å².